The summed E-state index contributed by atoms with van der Waals surface area (Å²) in [6.45, 7) is 6.46. The van der Waals surface area contributed by atoms with Crippen molar-refractivity contribution in [3.05, 3.63) is 75.3 Å². The molecule has 160 valence electrons. The van der Waals surface area contributed by atoms with Crippen LogP contribution in [0.2, 0.25) is 0 Å². The highest BCUT2D eigenvalue weighted by molar-refractivity contribution is 5.62. The quantitative estimate of drug-likeness (QED) is 0.481. The number of benzene rings is 2. The van der Waals surface area contributed by atoms with Crippen molar-refractivity contribution in [1.29, 1.82) is 0 Å². The summed E-state index contributed by atoms with van der Waals surface area (Å²) < 4.78 is 10.6. The number of nitrogens with zero attached hydrogens (tertiary/aromatic N) is 6. The maximum Gasteiger partial charge on any atom is 0.368 e. The maximum absolute atomic E-state index is 12.4. The van der Waals surface area contributed by atoms with E-state index in [0.717, 1.165) is 45.8 Å². The third-order valence-corrected chi connectivity index (χ3v) is 5.54. The van der Waals surface area contributed by atoms with Gasteiger partial charge in [-0.3, -0.25) is 4.68 Å². The van der Waals surface area contributed by atoms with Crippen LogP contribution in [0.25, 0.3) is 16.9 Å². The predicted molar refractivity (Wildman–Crippen MR) is 118 cm³/mol. The summed E-state index contributed by atoms with van der Waals surface area (Å²) in [5.74, 6) is 0.791. The Morgan fingerprint density at radius 3 is 2.42 bits per heavy atom. The van der Waals surface area contributed by atoms with Gasteiger partial charge in [0.05, 0.1) is 11.4 Å². The Morgan fingerprint density at radius 2 is 1.81 bits per heavy atom. The maximum atomic E-state index is 12.4. The van der Waals surface area contributed by atoms with E-state index in [4.69, 9.17) is 4.74 Å². The number of aryl methyl sites for hydroxylation is 5. The number of hydrogen-bond donors (Lipinski definition) is 0. The van der Waals surface area contributed by atoms with Gasteiger partial charge in [0.15, 0.2) is 0 Å². The van der Waals surface area contributed by atoms with Crippen molar-refractivity contribution in [2.45, 2.75) is 33.8 Å². The van der Waals surface area contributed by atoms with Crippen LogP contribution in [0.4, 0.5) is 0 Å². The number of aromatic nitrogens is 6. The molecule has 0 aliphatic carbocycles. The van der Waals surface area contributed by atoms with Gasteiger partial charge in [-0.15, -0.1) is 0 Å². The standard InChI is InChI=1S/C23H26N6O2/c1-6-17-8-7-9-21(29-23(30)28(5)25-26-29)19(17)14-31-22-11-10-18(12-15(22)2)20-13-16(3)27(4)24-20/h7-13H,6,14H2,1-5H3. The van der Waals surface area contributed by atoms with Crippen LogP contribution in [0.3, 0.4) is 0 Å². The van der Waals surface area contributed by atoms with Crippen LogP contribution in [0, 0.1) is 13.8 Å². The number of ether oxygens (including phenoxy) is 1. The van der Waals surface area contributed by atoms with E-state index in [1.807, 2.05) is 55.9 Å². The van der Waals surface area contributed by atoms with E-state index in [-0.39, 0.29) is 5.69 Å². The molecule has 4 aromatic rings. The fraction of sp³-hybridized carbons (Fsp3) is 0.304. The second kappa shape index (κ2) is 8.22. The van der Waals surface area contributed by atoms with Crippen LogP contribution >= 0.6 is 0 Å². The van der Waals surface area contributed by atoms with E-state index in [2.05, 4.69) is 34.6 Å². The first-order chi connectivity index (χ1) is 14.9. The minimum absolute atomic E-state index is 0.291. The van der Waals surface area contributed by atoms with E-state index in [0.29, 0.717) is 12.3 Å². The van der Waals surface area contributed by atoms with Crippen molar-refractivity contribution < 1.29 is 4.74 Å². The van der Waals surface area contributed by atoms with Gasteiger partial charge >= 0.3 is 5.69 Å². The Balaban J connectivity index is 1.63. The Kier molecular flexibility index (Phi) is 5.46. The summed E-state index contributed by atoms with van der Waals surface area (Å²) >= 11 is 0. The zero-order valence-corrected chi connectivity index (χ0v) is 18.5. The van der Waals surface area contributed by atoms with Crippen LogP contribution in [-0.4, -0.2) is 29.6 Å². The van der Waals surface area contributed by atoms with Gasteiger partial charge in [-0.05, 0) is 72.2 Å². The summed E-state index contributed by atoms with van der Waals surface area (Å²) in [6, 6.07) is 14.0. The number of tetrazole rings is 1. The monoisotopic (exact) mass is 418 g/mol. The molecule has 0 amide bonds. The molecule has 0 unspecified atom stereocenters. The molecule has 0 N–H and O–H groups in total. The van der Waals surface area contributed by atoms with Crippen LogP contribution < -0.4 is 10.4 Å². The second-order valence-electron chi connectivity index (χ2n) is 7.63. The summed E-state index contributed by atoms with van der Waals surface area (Å²) in [6.07, 6.45) is 0.818. The largest absolute Gasteiger partial charge is 0.489 e. The van der Waals surface area contributed by atoms with Crippen molar-refractivity contribution in [3.8, 4) is 22.7 Å². The minimum Gasteiger partial charge on any atom is -0.489 e. The van der Waals surface area contributed by atoms with Gasteiger partial charge in [0.2, 0.25) is 0 Å². The third kappa shape index (κ3) is 3.88. The highest BCUT2D eigenvalue weighted by Gasteiger charge is 2.15. The molecule has 0 saturated carbocycles. The van der Waals surface area contributed by atoms with E-state index >= 15 is 0 Å². The Morgan fingerprint density at radius 1 is 1.00 bits per heavy atom. The van der Waals surface area contributed by atoms with E-state index in [9.17, 15) is 4.79 Å². The summed E-state index contributed by atoms with van der Waals surface area (Å²) in [4.78, 5) is 12.4. The molecule has 0 fully saturated rings. The predicted octanol–water partition coefficient (Wildman–Crippen LogP) is 3.12. The lowest BCUT2D eigenvalue weighted by Crippen LogP contribution is -2.23. The molecule has 0 radical (unpaired) electrons. The van der Waals surface area contributed by atoms with Gasteiger partial charge in [0.25, 0.3) is 0 Å². The lowest BCUT2D eigenvalue weighted by molar-refractivity contribution is 0.302. The van der Waals surface area contributed by atoms with E-state index in [1.54, 1.807) is 7.05 Å². The average molecular weight is 419 g/mol. The average Bonchev–Trinajstić information content (AvgIpc) is 3.28. The van der Waals surface area contributed by atoms with Gasteiger partial charge in [-0.1, -0.05) is 19.1 Å². The topological polar surface area (TPSA) is 79.8 Å². The molecular weight excluding hydrogens is 392 g/mol. The van der Waals surface area contributed by atoms with Crippen molar-refractivity contribution in [3.63, 3.8) is 0 Å². The first kappa shape index (κ1) is 20.6. The van der Waals surface area contributed by atoms with Crippen molar-refractivity contribution in [2.24, 2.45) is 14.1 Å². The smallest absolute Gasteiger partial charge is 0.368 e. The first-order valence-electron chi connectivity index (χ1n) is 10.2. The Labute approximate surface area is 180 Å². The van der Waals surface area contributed by atoms with Crippen molar-refractivity contribution in [2.75, 3.05) is 0 Å². The van der Waals surface area contributed by atoms with Gasteiger partial charge in [-0.2, -0.15) is 14.5 Å². The summed E-state index contributed by atoms with van der Waals surface area (Å²) in [7, 11) is 3.52. The molecule has 4 rings (SSSR count). The number of rotatable bonds is 6. The molecule has 0 bridgehead atoms. The summed E-state index contributed by atoms with van der Waals surface area (Å²) in [5, 5.41) is 12.4. The van der Waals surface area contributed by atoms with Crippen LogP contribution in [0.5, 0.6) is 5.75 Å². The molecule has 8 heteroatoms. The molecule has 2 aromatic heterocycles. The third-order valence-electron chi connectivity index (χ3n) is 5.54. The zero-order valence-electron chi connectivity index (χ0n) is 18.5. The molecule has 2 heterocycles. The Bertz CT molecular complexity index is 1280. The van der Waals surface area contributed by atoms with Gasteiger partial charge in [0, 0.05) is 30.9 Å². The molecule has 2 aromatic carbocycles. The number of hydrogen-bond acceptors (Lipinski definition) is 5. The van der Waals surface area contributed by atoms with Crippen LogP contribution in [-0.2, 0) is 27.1 Å². The lowest BCUT2D eigenvalue weighted by atomic mass is 10.0. The summed E-state index contributed by atoms with van der Waals surface area (Å²) in [5.41, 5.74) is 6.55. The molecule has 0 aliphatic heterocycles. The van der Waals surface area contributed by atoms with E-state index < -0.39 is 0 Å². The van der Waals surface area contributed by atoms with Gasteiger partial charge < -0.3 is 4.74 Å². The first-order valence-corrected chi connectivity index (χ1v) is 10.2. The van der Waals surface area contributed by atoms with Crippen molar-refractivity contribution in [1.82, 2.24) is 29.6 Å². The SMILES string of the molecule is CCc1cccc(-n2nnn(C)c2=O)c1COc1ccc(-c2cc(C)n(C)n2)cc1C. The fourth-order valence-electron chi connectivity index (χ4n) is 3.60. The highest BCUT2D eigenvalue weighted by atomic mass is 16.5. The van der Waals surface area contributed by atoms with Crippen LogP contribution in [0.1, 0.15) is 29.3 Å². The van der Waals surface area contributed by atoms with Crippen molar-refractivity contribution >= 4 is 0 Å². The lowest BCUT2D eigenvalue weighted by Gasteiger charge is -2.15. The molecule has 0 spiro atoms. The molecule has 0 atom stereocenters. The molecule has 8 nitrogen and oxygen atoms in total. The molecule has 0 aliphatic rings. The van der Waals surface area contributed by atoms with Crippen LogP contribution in [0.15, 0.2) is 47.3 Å². The molecule has 31 heavy (non-hydrogen) atoms. The minimum atomic E-state index is -0.291. The normalized spacial score (nSPS) is 11.1. The highest BCUT2D eigenvalue weighted by Crippen LogP contribution is 2.28. The molecular formula is C23H26N6O2. The van der Waals surface area contributed by atoms with E-state index in [1.165, 1.54) is 9.36 Å². The zero-order chi connectivity index (χ0) is 22.1. The molecule has 0 saturated heterocycles. The second-order valence-corrected chi connectivity index (χ2v) is 7.63. The van der Waals surface area contributed by atoms with Gasteiger partial charge in [0.1, 0.15) is 12.4 Å². The van der Waals surface area contributed by atoms with Gasteiger partial charge in [-0.25, -0.2) is 4.79 Å². The fourth-order valence-corrected chi connectivity index (χ4v) is 3.60. The Hall–Kier alpha value is -3.68.